The first-order valence-electron chi connectivity index (χ1n) is 10.2. The Hall–Kier alpha value is -1.79. The summed E-state index contributed by atoms with van der Waals surface area (Å²) in [6.07, 6.45) is 5.00. The maximum Gasteiger partial charge on any atom is 0.343 e. The summed E-state index contributed by atoms with van der Waals surface area (Å²) >= 11 is 0. The van der Waals surface area contributed by atoms with Gasteiger partial charge in [-0.3, -0.25) is 4.90 Å². The first-order valence-corrected chi connectivity index (χ1v) is 10.2. The molecule has 0 spiro atoms. The highest BCUT2D eigenvalue weighted by Gasteiger charge is 2.29. The molecule has 0 radical (unpaired) electrons. The maximum atomic E-state index is 11.2. The summed E-state index contributed by atoms with van der Waals surface area (Å²) in [4.78, 5) is 16.4. The fourth-order valence-electron chi connectivity index (χ4n) is 4.36. The lowest BCUT2D eigenvalue weighted by Crippen LogP contribution is -2.51. The van der Waals surface area contributed by atoms with Crippen molar-refractivity contribution in [2.24, 2.45) is 0 Å². The number of anilines is 1. The minimum Gasteiger partial charge on any atom is -0.482 e. The number of carbonyl (C=O) groups excluding carboxylic acids is 1. The third kappa shape index (κ3) is 5.36. The van der Waals surface area contributed by atoms with Crippen LogP contribution in [0.2, 0.25) is 0 Å². The lowest BCUT2D eigenvalue weighted by Gasteiger charge is -2.44. The molecule has 0 unspecified atom stereocenters. The zero-order chi connectivity index (χ0) is 19.1. The van der Waals surface area contributed by atoms with Crippen molar-refractivity contribution >= 4 is 11.7 Å². The van der Waals surface area contributed by atoms with E-state index in [4.69, 9.17) is 4.74 Å². The third-order valence-corrected chi connectivity index (χ3v) is 5.86. The molecule has 0 saturated carbocycles. The maximum absolute atomic E-state index is 11.2. The lowest BCUT2D eigenvalue weighted by atomic mass is 9.97. The minimum absolute atomic E-state index is 0.0508. The summed E-state index contributed by atoms with van der Waals surface area (Å²) in [5.41, 5.74) is 1.23. The number of rotatable bonds is 7. The van der Waals surface area contributed by atoms with Gasteiger partial charge in [-0.25, -0.2) is 4.79 Å². The molecule has 6 nitrogen and oxygen atoms in total. The molecular weight excluding hydrogens is 342 g/mol. The van der Waals surface area contributed by atoms with Crippen LogP contribution in [0.25, 0.3) is 0 Å². The Morgan fingerprint density at radius 2 is 1.74 bits per heavy atom. The van der Waals surface area contributed by atoms with E-state index in [2.05, 4.69) is 38.9 Å². The number of piperidine rings is 2. The van der Waals surface area contributed by atoms with Crippen LogP contribution in [0.1, 0.15) is 32.6 Å². The van der Waals surface area contributed by atoms with Gasteiger partial charge in [0.05, 0.1) is 7.11 Å². The fourth-order valence-corrected chi connectivity index (χ4v) is 4.36. The molecule has 0 aromatic heterocycles. The molecule has 0 aliphatic carbocycles. The number of methoxy groups -OCH3 is 1. The summed E-state index contributed by atoms with van der Waals surface area (Å²) in [7, 11) is 1.36. The quantitative estimate of drug-likeness (QED) is 0.738. The van der Waals surface area contributed by atoms with Crippen molar-refractivity contribution in [3.63, 3.8) is 0 Å². The summed E-state index contributed by atoms with van der Waals surface area (Å²) < 4.78 is 10.0. The van der Waals surface area contributed by atoms with Gasteiger partial charge in [0.1, 0.15) is 5.75 Å². The molecule has 2 fully saturated rings. The summed E-state index contributed by atoms with van der Waals surface area (Å²) in [5, 5.41) is 3.48. The monoisotopic (exact) mass is 375 g/mol. The topological polar surface area (TPSA) is 54.0 Å². The van der Waals surface area contributed by atoms with E-state index in [1.807, 2.05) is 12.1 Å². The zero-order valence-electron chi connectivity index (χ0n) is 16.7. The second-order valence-electron chi connectivity index (χ2n) is 7.39. The molecule has 2 aliphatic heterocycles. The van der Waals surface area contributed by atoms with E-state index in [-0.39, 0.29) is 12.6 Å². The first kappa shape index (κ1) is 20.0. The van der Waals surface area contributed by atoms with Gasteiger partial charge in [0.15, 0.2) is 6.61 Å². The standard InChI is InChI=1S/C21H33N3O3/c1-3-24(18-8-12-22-13-9-18)19-10-14-23(15-11-19)17-4-6-20(7-5-17)27-16-21(25)26-2/h4-7,18-19,22H,3,8-16H2,1-2H3. The molecule has 2 aliphatic rings. The van der Waals surface area contributed by atoms with Crippen LogP contribution >= 0.6 is 0 Å². The van der Waals surface area contributed by atoms with Crippen molar-refractivity contribution in [2.45, 2.75) is 44.7 Å². The molecular formula is C21H33N3O3. The minimum atomic E-state index is -0.365. The predicted octanol–water partition coefficient (Wildman–Crippen LogP) is 2.28. The van der Waals surface area contributed by atoms with Gasteiger partial charge in [-0.1, -0.05) is 6.92 Å². The Morgan fingerprint density at radius 3 is 2.33 bits per heavy atom. The molecule has 1 N–H and O–H groups in total. The second-order valence-corrected chi connectivity index (χ2v) is 7.39. The average molecular weight is 376 g/mol. The number of nitrogens with zero attached hydrogens (tertiary/aromatic N) is 2. The Balaban J connectivity index is 1.50. The summed E-state index contributed by atoms with van der Waals surface area (Å²) in [6.45, 7) is 7.91. The van der Waals surface area contributed by atoms with Crippen molar-refractivity contribution < 1.29 is 14.3 Å². The van der Waals surface area contributed by atoms with Crippen molar-refractivity contribution in [1.29, 1.82) is 0 Å². The SMILES string of the molecule is CCN(C1CCNCC1)C1CCN(c2ccc(OCC(=O)OC)cc2)CC1. The number of esters is 1. The molecule has 0 amide bonds. The van der Waals surface area contributed by atoms with Gasteiger partial charge in [0, 0.05) is 30.9 Å². The van der Waals surface area contributed by atoms with Gasteiger partial charge in [0.2, 0.25) is 0 Å². The molecule has 2 heterocycles. The molecule has 0 atom stereocenters. The lowest BCUT2D eigenvalue weighted by molar-refractivity contribution is -0.142. The smallest absolute Gasteiger partial charge is 0.343 e. The van der Waals surface area contributed by atoms with E-state index in [9.17, 15) is 4.79 Å². The highest BCUT2D eigenvalue weighted by Crippen LogP contribution is 2.27. The molecule has 1 aromatic rings. The van der Waals surface area contributed by atoms with Gasteiger partial charge in [-0.2, -0.15) is 0 Å². The first-order chi connectivity index (χ1) is 13.2. The number of hydrogen-bond donors (Lipinski definition) is 1. The molecule has 3 rings (SSSR count). The summed E-state index contributed by atoms with van der Waals surface area (Å²) in [5.74, 6) is 0.331. The molecule has 27 heavy (non-hydrogen) atoms. The van der Waals surface area contributed by atoms with Gasteiger partial charge in [0.25, 0.3) is 0 Å². The van der Waals surface area contributed by atoms with Gasteiger partial charge >= 0.3 is 5.97 Å². The summed E-state index contributed by atoms with van der Waals surface area (Å²) in [6, 6.07) is 9.47. The third-order valence-electron chi connectivity index (χ3n) is 5.86. The van der Waals surface area contributed by atoms with E-state index in [0.717, 1.165) is 38.8 Å². The predicted molar refractivity (Wildman–Crippen MR) is 107 cm³/mol. The number of ether oxygens (including phenoxy) is 2. The van der Waals surface area contributed by atoms with Crippen LogP contribution in [0.5, 0.6) is 5.75 Å². The molecule has 150 valence electrons. The zero-order valence-corrected chi connectivity index (χ0v) is 16.7. The molecule has 6 heteroatoms. The van der Waals surface area contributed by atoms with E-state index < -0.39 is 0 Å². The normalized spacial score (nSPS) is 19.3. The van der Waals surface area contributed by atoms with Gasteiger partial charge in [-0.05, 0) is 69.6 Å². The van der Waals surface area contributed by atoms with E-state index in [0.29, 0.717) is 11.8 Å². The van der Waals surface area contributed by atoms with Gasteiger partial charge < -0.3 is 19.7 Å². The van der Waals surface area contributed by atoms with Crippen molar-refractivity contribution in [3.8, 4) is 5.75 Å². The Bertz CT molecular complexity index is 579. The van der Waals surface area contributed by atoms with E-state index >= 15 is 0 Å². The van der Waals surface area contributed by atoms with Crippen LogP contribution < -0.4 is 15.0 Å². The van der Waals surface area contributed by atoms with Gasteiger partial charge in [-0.15, -0.1) is 0 Å². The number of carbonyl (C=O) groups is 1. The molecule has 2 saturated heterocycles. The van der Waals surface area contributed by atoms with Crippen LogP contribution in [-0.4, -0.2) is 69.4 Å². The van der Waals surface area contributed by atoms with Crippen LogP contribution in [0.15, 0.2) is 24.3 Å². The van der Waals surface area contributed by atoms with Crippen LogP contribution in [-0.2, 0) is 9.53 Å². The van der Waals surface area contributed by atoms with E-state index in [1.165, 1.54) is 38.5 Å². The van der Waals surface area contributed by atoms with Crippen LogP contribution in [0.4, 0.5) is 5.69 Å². The fraction of sp³-hybridized carbons (Fsp3) is 0.667. The number of benzene rings is 1. The Kier molecular flexibility index (Phi) is 7.35. The highest BCUT2D eigenvalue weighted by molar-refractivity contribution is 5.70. The van der Waals surface area contributed by atoms with Crippen molar-refractivity contribution in [2.75, 3.05) is 51.3 Å². The van der Waals surface area contributed by atoms with Crippen LogP contribution in [0.3, 0.4) is 0 Å². The largest absolute Gasteiger partial charge is 0.482 e. The van der Waals surface area contributed by atoms with Crippen molar-refractivity contribution in [1.82, 2.24) is 10.2 Å². The van der Waals surface area contributed by atoms with E-state index in [1.54, 1.807) is 0 Å². The second kappa shape index (κ2) is 9.95. The average Bonchev–Trinajstić information content (AvgIpc) is 2.74. The Labute approximate surface area is 162 Å². The van der Waals surface area contributed by atoms with Crippen LogP contribution in [0, 0.1) is 0 Å². The van der Waals surface area contributed by atoms with Crippen molar-refractivity contribution in [3.05, 3.63) is 24.3 Å². The number of nitrogens with one attached hydrogen (secondary N) is 1. The molecule has 0 bridgehead atoms. The Morgan fingerprint density at radius 1 is 1.11 bits per heavy atom. The molecule has 1 aromatic carbocycles. The highest BCUT2D eigenvalue weighted by atomic mass is 16.6. The number of hydrogen-bond acceptors (Lipinski definition) is 6.